The van der Waals surface area contributed by atoms with E-state index in [9.17, 15) is 14.0 Å². The highest BCUT2D eigenvalue weighted by molar-refractivity contribution is 7.16. The third kappa shape index (κ3) is 2.70. The van der Waals surface area contributed by atoms with Crippen LogP contribution in [0.4, 0.5) is 13.8 Å². The smallest absolute Gasteiger partial charge is 0.159 e. The van der Waals surface area contributed by atoms with Crippen molar-refractivity contribution in [1.82, 2.24) is 4.90 Å². The van der Waals surface area contributed by atoms with Crippen LogP contribution in [0, 0.1) is 23.0 Å². The number of nitrogens with zero attached hydrogens (tertiary/aromatic N) is 2. The number of halogens is 2. The molecule has 0 unspecified atom stereocenters. The number of fused-ring (bicyclic) bond motifs is 1. The minimum Gasteiger partial charge on any atom is -0.379 e. The molecular formula is C16H15F2N3S. The first-order chi connectivity index (χ1) is 10.6. The second-order valence-electron chi connectivity index (χ2n) is 5.28. The molecule has 0 bridgehead atoms. The summed E-state index contributed by atoms with van der Waals surface area (Å²) in [5.41, 5.74) is 2.63. The van der Waals surface area contributed by atoms with E-state index < -0.39 is 11.6 Å². The van der Waals surface area contributed by atoms with E-state index in [1.165, 1.54) is 10.9 Å². The molecule has 0 saturated carbocycles. The van der Waals surface area contributed by atoms with Gasteiger partial charge in [0, 0.05) is 31.6 Å². The summed E-state index contributed by atoms with van der Waals surface area (Å²) in [6.07, 6.45) is 0.806. The topological polar surface area (TPSA) is 39.1 Å². The molecule has 0 aliphatic carbocycles. The van der Waals surface area contributed by atoms with Gasteiger partial charge >= 0.3 is 0 Å². The first kappa shape index (κ1) is 14.9. The van der Waals surface area contributed by atoms with Gasteiger partial charge in [-0.05, 0) is 29.7 Å². The summed E-state index contributed by atoms with van der Waals surface area (Å²) < 4.78 is 26.3. The summed E-state index contributed by atoms with van der Waals surface area (Å²) in [7, 11) is 1.82. The van der Waals surface area contributed by atoms with Gasteiger partial charge in [-0.2, -0.15) is 5.26 Å². The molecule has 2 aromatic rings. The van der Waals surface area contributed by atoms with E-state index in [0.29, 0.717) is 6.54 Å². The molecule has 0 fully saturated rings. The van der Waals surface area contributed by atoms with Crippen molar-refractivity contribution in [2.24, 2.45) is 0 Å². The predicted octanol–water partition coefficient (Wildman–Crippen LogP) is 3.50. The Morgan fingerprint density at radius 1 is 1.36 bits per heavy atom. The third-order valence-electron chi connectivity index (χ3n) is 3.86. The van der Waals surface area contributed by atoms with E-state index in [2.05, 4.69) is 16.3 Å². The van der Waals surface area contributed by atoms with Gasteiger partial charge in [0.05, 0.1) is 5.56 Å². The van der Waals surface area contributed by atoms with Crippen LogP contribution in [-0.2, 0) is 19.5 Å². The van der Waals surface area contributed by atoms with Gasteiger partial charge < -0.3 is 5.32 Å². The van der Waals surface area contributed by atoms with Crippen molar-refractivity contribution in [1.29, 1.82) is 5.26 Å². The lowest BCUT2D eigenvalue weighted by molar-refractivity contribution is 0.248. The van der Waals surface area contributed by atoms with E-state index in [-0.39, 0.29) is 0 Å². The van der Waals surface area contributed by atoms with Gasteiger partial charge in [0.15, 0.2) is 11.6 Å². The van der Waals surface area contributed by atoms with Crippen LogP contribution in [0.25, 0.3) is 0 Å². The molecule has 22 heavy (non-hydrogen) atoms. The summed E-state index contributed by atoms with van der Waals surface area (Å²) in [6, 6.07) is 6.30. The van der Waals surface area contributed by atoms with Crippen LogP contribution in [0.15, 0.2) is 18.2 Å². The monoisotopic (exact) mass is 319 g/mol. The number of nitriles is 1. The molecule has 0 spiro atoms. The molecule has 1 aromatic carbocycles. The van der Waals surface area contributed by atoms with Crippen LogP contribution in [-0.4, -0.2) is 18.5 Å². The zero-order chi connectivity index (χ0) is 15.7. The number of hydrogen-bond acceptors (Lipinski definition) is 4. The summed E-state index contributed by atoms with van der Waals surface area (Å²) in [4.78, 5) is 3.36. The standard InChI is InChI=1S/C16H15F2N3S/c1-20-16-12(7-19)11-4-5-21(9-15(11)22-16)8-10-2-3-13(17)14(18)6-10/h2-3,6,20H,4-5,8-9H2,1H3. The molecule has 6 heteroatoms. The highest BCUT2D eigenvalue weighted by Gasteiger charge is 2.24. The first-order valence-electron chi connectivity index (χ1n) is 7.01. The highest BCUT2D eigenvalue weighted by Crippen LogP contribution is 2.36. The van der Waals surface area contributed by atoms with Gasteiger partial charge in [-0.3, -0.25) is 4.90 Å². The first-order valence-corrected chi connectivity index (χ1v) is 7.82. The maximum atomic E-state index is 13.3. The summed E-state index contributed by atoms with van der Waals surface area (Å²) >= 11 is 1.60. The zero-order valence-electron chi connectivity index (χ0n) is 12.1. The van der Waals surface area contributed by atoms with Crippen molar-refractivity contribution in [3.8, 4) is 6.07 Å². The minimum atomic E-state index is -0.819. The van der Waals surface area contributed by atoms with Gasteiger partial charge in [-0.15, -0.1) is 11.3 Å². The zero-order valence-corrected chi connectivity index (χ0v) is 12.9. The molecule has 1 aliphatic rings. The number of nitrogens with one attached hydrogen (secondary N) is 1. The Balaban J connectivity index is 1.78. The van der Waals surface area contributed by atoms with E-state index in [4.69, 9.17) is 0 Å². The van der Waals surface area contributed by atoms with Gasteiger partial charge in [0.1, 0.15) is 11.1 Å². The van der Waals surface area contributed by atoms with Crippen LogP contribution in [0.1, 0.15) is 21.6 Å². The Bertz CT molecular complexity index is 749. The molecule has 1 aliphatic heterocycles. The number of hydrogen-bond donors (Lipinski definition) is 1. The second-order valence-corrected chi connectivity index (χ2v) is 6.38. The molecule has 3 rings (SSSR count). The molecule has 2 heterocycles. The second kappa shape index (κ2) is 6.03. The predicted molar refractivity (Wildman–Crippen MR) is 82.8 cm³/mol. The Morgan fingerprint density at radius 2 is 2.18 bits per heavy atom. The lowest BCUT2D eigenvalue weighted by Gasteiger charge is -2.26. The largest absolute Gasteiger partial charge is 0.379 e. The van der Waals surface area contributed by atoms with Crippen molar-refractivity contribution in [3.05, 3.63) is 51.4 Å². The Hall–Kier alpha value is -1.97. The Morgan fingerprint density at radius 3 is 2.86 bits per heavy atom. The van der Waals surface area contributed by atoms with Crippen molar-refractivity contribution >= 4 is 16.3 Å². The van der Waals surface area contributed by atoms with Crippen LogP contribution in [0.2, 0.25) is 0 Å². The molecule has 0 amide bonds. The van der Waals surface area contributed by atoms with E-state index in [1.807, 2.05) is 7.05 Å². The SMILES string of the molecule is CNc1sc2c(c1C#N)CCN(Cc1ccc(F)c(F)c1)C2. The molecule has 3 nitrogen and oxygen atoms in total. The fraction of sp³-hybridized carbons (Fsp3) is 0.312. The van der Waals surface area contributed by atoms with E-state index >= 15 is 0 Å². The number of rotatable bonds is 3. The Kier molecular flexibility index (Phi) is 4.10. The normalized spacial score (nSPS) is 14.5. The lowest BCUT2D eigenvalue weighted by atomic mass is 10.0. The number of anilines is 1. The van der Waals surface area contributed by atoms with Crippen molar-refractivity contribution in [3.63, 3.8) is 0 Å². The molecule has 114 valence electrons. The van der Waals surface area contributed by atoms with Crippen LogP contribution >= 0.6 is 11.3 Å². The summed E-state index contributed by atoms with van der Waals surface area (Å²) in [5.74, 6) is -1.63. The van der Waals surface area contributed by atoms with Gasteiger partial charge in [0.25, 0.3) is 0 Å². The summed E-state index contributed by atoms with van der Waals surface area (Å²) in [5, 5.41) is 13.3. The quantitative estimate of drug-likeness (QED) is 0.941. The molecule has 0 saturated heterocycles. The summed E-state index contributed by atoms with van der Waals surface area (Å²) in [6.45, 7) is 2.11. The van der Waals surface area contributed by atoms with E-state index in [0.717, 1.165) is 47.3 Å². The fourth-order valence-electron chi connectivity index (χ4n) is 2.78. The minimum absolute atomic E-state index is 0.575. The van der Waals surface area contributed by atoms with Crippen molar-refractivity contribution in [2.45, 2.75) is 19.5 Å². The van der Waals surface area contributed by atoms with Crippen LogP contribution in [0.5, 0.6) is 0 Å². The fourth-order valence-corrected chi connectivity index (χ4v) is 3.98. The average Bonchev–Trinajstić information content (AvgIpc) is 2.87. The van der Waals surface area contributed by atoms with Crippen LogP contribution < -0.4 is 5.32 Å². The van der Waals surface area contributed by atoms with E-state index in [1.54, 1.807) is 17.4 Å². The number of thiophene rings is 1. The lowest BCUT2D eigenvalue weighted by Crippen LogP contribution is -2.29. The molecule has 1 N–H and O–H groups in total. The van der Waals surface area contributed by atoms with Crippen molar-refractivity contribution < 1.29 is 8.78 Å². The molecule has 0 radical (unpaired) electrons. The molecule has 0 atom stereocenters. The third-order valence-corrected chi connectivity index (χ3v) is 5.10. The van der Waals surface area contributed by atoms with Gasteiger partial charge in [0.2, 0.25) is 0 Å². The highest BCUT2D eigenvalue weighted by atomic mass is 32.1. The maximum Gasteiger partial charge on any atom is 0.159 e. The van der Waals surface area contributed by atoms with Gasteiger partial charge in [-0.1, -0.05) is 6.07 Å². The van der Waals surface area contributed by atoms with Crippen molar-refractivity contribution in [2.75, 3.05) is 18.9 Å². The molecule has 1 aromatic heterocycles. The Labute approximate surface area is 131 Å². The average molecular weight is 319 g/mol. The van der Waals surface area contributed by atoms with Crippen LogP contribution in [0.3, 0.4) is 0 Å². The number of benzene rings is 1. The maximum absolute atomic E-state index is 13.3. The van der Waals surface area contributed by atoms with Gasteiger partial charge in [-0.25, -0.2) is 8.78 Å². The molecular weight excluding hydrogens is 304 g/mol.